The number of fused-ring (bicyclic) bond motifs is 1. The van der Waals surface area contributed by atoms with Crippen LogP contribution in [0.4, 0.5) is 11.4 Å². The van der Waals surface area contributed by atoms with Gasteiger partial charge in [-0.05, 0) is 29.3 Å². The molecule has 1 aliphatic carbocycles. The monoisotopic (exact) mass is 975 g/mol. The number of anilines is 2. The third-order valence-electron chi connectivity index (χ3n) is 12.0. The third kappa shape index (κ3) is 6.45. The zero-order valence-corrected chi connectivity index (χ0v) is 35.6. The van der Waals surface area contributed by atoms with Gasteiger partial charge in [-0.15, -0.1) is 13.3 Å². The van der Waals surface area contributed by atoms with E-state index in [1.54, 1.807) is 0 Å². The van der Waals surface area contributed by atoms with E-state index in [0.717, 1.165) is 56.1 Å². The molecule has 0 radical (unpaired) electrons. The van der Waals surface area contributed by atoms with Crippen LogP contribution in [0.1, 0.15) is 39.8 Å². The largest absolute Gasteiger partial charge is 2.00 e. The maximum absolute atomic E-state index is 13.6. The molecule has 0 spiro atoms. The van der Waals surface area contributed by atoms with Crippen LogP contribution in [0, 0.1) is 13.3 Å². The van der Waals surface area contributed by atoms with Crippen molar-refractivity contribution in [2.75, 3.05) is 9.80 Å². The number of rotatable bonds is 10. The molecular formula is C54H44N4O2Pt. The summed E-state index contributed by atoms with van der Waals surface area (Å²) in [6.07, 6.45) is 9.01. The smallest absolute Gasteiger partial charge is 0.475 e. The maximum Gasteiger partial charge on any atom is 2.00 e. The van der Waals surface area contributed by atoms with Crippen LogP contribution in [0.3, 0.4) is 0 Å². The van der Waals surface area contributed by atoms with Crippen LogP contribution in [-0.2, 0) is 38.2 Å². The van der Waals surface area contributed by atoms with E-state index in [9.17, 15) is 10.2 Å². The van der Waals surface area contributed by atoms with Gasteiger partial charge in [-0.3, -0.25) is 0 Å². The van der Waals surface area contributed by atoms with Crippen molar-refractivity contribution in [1.82, 2.24) is 9.80 Å². The second-order valence-electron chi connectivity index (χ2n) is 15.2. The van der Waals surface area contributed by atoms with E-state index in [0.29, 0.717) is 6.42 Å². The summed E-state index contributed by atoms with van der Waals surface area (Å²) < 4.78 is 0. The molecule has 7 aromatic carbocycles. The van der Waals surface area contributed by atoms with Crippen molar-refractivity contribution < 1.29 is 31.3 Å². The second kappa shape index (κ2) is 16.6. The van der Waals surface area contributed by atoms with E-state index in [-0.39, 0.29) is 21.1 Å². The minimum atomic E-state index is -1.61. The van der Waals surface area contributed by atoms with Crippen LogP contribution < -0.4 is 9.80 Å². The minimum absolute atomic E-state index is 0. The first kappa shape index (κ1) is 40.0. The molecule has 7 heteroatoms. The first-order valence-electron chi connectivity index (χ1n) is 20.4. The summed E-state index contributed by atoms with van der Waals surface area (Å²) in [5.41, 5.74) is 4.12. The van der Waals surface area contributed by atoms with E-state index < -0.39 is 17.1 Å². The summed E-state index contributed by atoms with van der Waals surface area (Å²) in [5.74, 6) is 0. The Balaban J connectivity index is 0.00000476. The molecule has 0 saturated heterocycles. The average molecular weight is 976 g/mol. The van der Waals surface area contributed by atoms with Crippen LogP contribution in [0.2, 0.25) is 0 Å². The molecule has 0 unspecified atom stereocenters. The van der Waals surface area contributed by atoms with Gasteiger partial charge in [-0.25, -0.2) is 0 Å². The van der Waals surface area contributed by atoms with Crippen LogP contribution >= 0.6 is 0 Å². The molecule has 0 bridgehead atoms. The topological polar surface area (TPSA) is 53.4 Å². The van der Waals surface area contributed by atoms with Gasteiger partial charge >= 0.3 is 21.1 Å². The van der Waals surface area contributed by atoms with Crippen molar-refractivity contribution in [3.8, 4) is 0 Å². The van der Waals surface area contributed by atoms with Gasteiger partial charge in [0.2, 0.25) is 0 Å². The van der Waals surface area contributed by atoms with E-state index in [4.69, 9.17) is 0 Å². The van der Waals surface area contributed by atoms with E-state index in [2.05, 4.69) is 119 Å². The van der Waals surface area contributed by atoms with E-state index >= 15 is 0 Å². The van der Waals surface area contributed by atoms with Crippen molar-refractivity contribution in [1.29, 1.82) is 0 Å². The molecule has 0 saturated carbocycles. The fraction of sp³-hybridized carbons (Fsp3) is 0.0741. The molecule has 0 atom stereocenters. The van der Waals surface area contributed by atoms with Gasteiger partial charge in [0.15, 0.2) is 11.4 Å². The fourth-order valence-corrected chi connectivity index (χ4v) is 9.21. The first-order chi connectivity index (χ1) is 29.6. The number of para-hydroxylation sites is 2. The van der Waals surface area contributed by atoms with Gasteiger partial charge in [0, 0.05) is 51.4 Å². The Morgan fingerprint density at radius 3 is 1.15 bits per heavy atom. The molecule has 0 aromatic heterocycles. The third-order valence-corrected chi connectivity index (χ3v) is 12.0. The van der Waals surface area contributed by atoms with Gasteiger partial charge in [0.1, 0.15) is 5.66 Å². The normalized spacial score (nSPS) is 15.0. The van der Waals surface area contributed by atoms with E-state index in [1.165, 1.54) is 0 Å². The molecule has 0 amide bonds. The molecule has 6 nitrogen and oxygen atoms in total. The summed E-state index contributed by atoms with van der Waals surface area (Å²) in [7, 11) is 0. The Hall–Kier alpha value is -6.43. The number of nitrogens with zero attached hydrogens (tertiary/aromatic N) is 4. The van der Waals surface area contributed by atoms with Gasteiger partial charge in [0.05, 0.1) is 0 Å². The molecule has 0 fully saturated rings. The molecule has 3 aliphatic rings. The minimum Gasteiger partial charge on any atom is -0.475 e. The summed E-state index contributed by atoms with van der Waals surface area (Å²) in [6, 6.07) is 68.9. The number of benzene rings is 7. The SMILES string of the molecule is OC(c1ccccc1)(c1ccccc1)N1[CH-]N(C(c2ccccc2)(c2ccccc2)N2[CH-]N(C(O)(c3ccccc3)c3ccccc3)c3ccccc32)C2=C1CC=CC=C2.[Pt+2]. The maximum atomic E-state index is 13.6. The zero-order chi connectivity index (χ0) is 40.6. The molecule has 10 rings (SSSR count). The Labute approximate surface area is 372 Å². The standard InChI is InChI=1S/C54H44N4O2.Pt/c59-53(44-28-12-3-13-29-44,45-30-14-4-15-31-45)57-40-55(48-36-20-7-21-37-50(48)57)52(42-24-8-1-9-25-42,43-26-10-2-11-27-43)56-41-58(51-39-23-22-38-49(51)56)54(60,46-32-16-5-17-33-46)47-34-18-6-19-35-47;/h1-36,38-41,59-60H,37H2;/q-2;+2. The summed E-state index contributed by atoms with van der Waals surface area (Å²) in [4.78, 5) is 8.67. The fourth-order valence-electron chi connectivity index (χ4n) is 9.21. The molecule has 302 valence electrons. The number of allylic oxidation sites excluding steroid dienone is 4. The molecular weight excluding hydrogens is 932 g/mol. The van der Waals surface area contributed by atoms with Gasteiger partial charge in [-0.2, -0.15) is 0 Å². The number of hydrogen-bond donors (Lipinski definition) is 2. The molecule has 7 aromatic rings. The predicted octanol–water partition coefficient (Wildman–Crippen LogP) is 10.6. The van der Waals surface area contributed by atoms with Crippen molar-refractivity contribution in [3.63, 3.8) is 0 Å². The van der Waals surface area contributed by atoms with Crippen LogP contribution in [0.5, 0.6) is 0 Å². The molecule has 2 aliphatic heterocycles. The molecule has 61 heavy (non-hydrogen) atoms. The predicted molar refractivity (Wildman–Crippen MR) is 239 cm³/mol. The quantitative estimate of drug-likeness (QED) is 0.133. The molecule has 2 heterocycles. The van der Waals surface area contributed by atoms with Crippen molar-refractivity contribution in [2.24, 2.45) is 0 Å². The Morgan fingerprint density at radius 2 is 0.721 bits per heavy atom. The van der Waals surface area contributed by atoms with E-state index in [1.807, 2.05) is 144 Å². The zero-order valence-electron chi connectivity index (χ0n) is 33.3. The first-order valence-corrected chi connectivity index (χ1v) is 20.4. The van der Waals surface area contributed by atoms with Gasteiger partial charge in [-0.1, -0.05) is 212 Å². The Morgan fingerprint density at radius 1 is 0.377 bits per heavy atom. The number of aliphatic hydroxyl groups is 2. The average Bonchev–Trinajstić information content (AvgIpc) is 3.80. The Bertz CT molecular complexity index is 2560. The second-order valence-corrected chi connectivity index (χ2v) is 15.2. The van der Waals surface area contributed by atoms with Gasteiger partial charge in [0.25, 0.3) is 0 Å². The number of hydrogen-bond acceptors (Lipinski definition) is 6. The van der Waals surface area contributed by atoms with Gasteiger partial charge < -0.3 is 29.8 Å². The summed E-state index contributed by atoms with van der Waals surface area (Å²) in [5, 5.41) is 27.0. The summed E-state index contributed by atoms with van der Waals surface area (Å²) >= 11 is 0. The van der Waals surface area contributed by atoms with Crippen molar-refractivity contribution in [3.05, 3.63) is 289 Å². The van der Waals surface area contributed by atoms with Crippen LogP contribution in [-0.4, -0.2) is 20.0 Å². The van der Waals surface area contributed by atoms with Crippen molar-refractivity contribution >= 4 is 11.4 Å². The van der Waals surface area contributed by atoms with Crippen molar-refractivity contribution in [2.45, 2.75) is 23.5 Å². The Kier molecular flexibility index (Phi) is 10.9. The molecule has 2 N–H and O–H groups in total. The summed E-state index contributed by atoms with van der Waals surface area (Å²) in [6.45, 7) is 4.16. The van der Waals surface area contributed by atoms with Crippen LogP contribution in [0.15, 0.2) is 242 Å². The van der Waals surface area contributed by atoms with Crippen LogP contribution in [0.25, 0.3) is 0 Å².